The first-order valence-electron chi connectivity index (χ1n) is 8.08. The van der Waals surface area contributed by atoms with Gasteiger partial charge in [0.05, 0.1) is 21.2 Å². The molecule has 1 heterocycles. The van der Waals surface area contributed by atoms with Crippen LogP contribution < -0.4 is 0 Å². The van der Waals surface area contributed by atoms with Gasteiger partial charge in [0.2, 0.25) is 0 Å². The van der Waals surface area contributed by atoms with Crippen LogP contribution in [0.1, 0.15) is 27.6 Å². The van der Waals surface area contributed by atoms with E-state index in [0.717, 1.165) is 0 Å². The maximum atomic E-state index is 12.7. The fraction of sp³-hybridized carbons (Fsp3) is 0.263. The van der Waals surface area contributed by atoms with Gasteiger partial charge < -0.3 is 9.80 Å². The first kappa shape index (κ1) is 17.8. The number of rotatable bonds is 2. The van der Waals surface area contributed by atoms with E-state index >= 15 is 0 Å². The standard InChI is InChI=1S/C19H18Cl2N2O2/c1-13-12-22(18(24)14-6-2-4-8-16(14)20)10-11-23(13)19(25)15-7-3-5-9-17(15)21/h2-9,13H,10-12H2,1H3/t13-/m0/s1. The molecule has 0 spiro atoms. The zero-order valence-corrected chi connectivity index (χ0v) is 15.3. The Morgan fingerprint density at radius 2 is 1.40 bits per heavy atom. The number of amides is 2. The third kappa shape index (κ3) is 3.65. The average Bonchev–Trinajstić information content (AvgIpc) is 2.61. The van der Waals surface area contributed by atoms with E-state index in [-0.39, 0.29) is 17.9 Å². The minimum absolute atomic E-state index is 0.107. The molecule has 1 aliphatic heterocycles. The van der Waals surface area contributed by atoms with E-state index in [4.69, 9.17) is 23.2 Å². The molecule has 130 valence electrons. The van der Waals surface area contributed by atoms with Gasteiger partial charge in [-0.3, -0.25) is 9.59 Å². The summed E-state index contributed by atoms with van der Waals surface area (Å²) in [5.41, 5.74) is 0.976. The zero-order chi connectivity index (χ0) is 18.0. The molecule has 25 heavy (non-hydrogen) atoms. The Morgan fingerprint density at radius 3 is 1.92 bits per heavy atom. The summed E-state index contributed by atoms with van der Waals surface area (Å²) in [7, 11) is 0. The molecule has 0 N–H and O–H groups in total. The number of carbonyl (C=O) groups is 2. The smallest absolute Gasteiger partial charge is 0.255 e. The molecule has 2 amide bonds. The molecule has 0 radical (unpaired) electrons. The van der Waals surface area contributed by atoms with Crippen molar-refractivity contribution < 1.29 is 9.59 Å². The van der Waals surface area contributed by atoms with Crippen LogP contribution in [0.5, 0.6) is 0 Å². The van der Waals surface area contributed by atoms with Crippen LogP contribution in [-0.4, -0.2) is 47.3 Å². The van der Waals surface area contributed by atoms with Crippen LogP contribution in [0.3, 0.4) is 0 Å². The number of nitrogens with zero attached hydrogens (tertiary/aromatic N) is 2. The Hall–Kier alpha value is -2.04. The summed E-state index contributed by atoms with van der Waals surface area (Å²) in [4.78, 5) is 28.9. The van der Waals surface area contributed by atoms with E-state index in [9.17, 15) is 9.59 Å². The summed E-state index contributed by atoms with van der Waals surface area (Å²) >= 11 is 12.3. The second-order valence-corrected chi connectivity index (χ2v) is 6.87. The second-order valence-electron chi connectivity index (χ2n) is 6.06. The van der Waals surface area contributed by atoms with Gasteiger partial charge in [-0.2, -0.15) is 0 Å². The van der Waals surface area contributed by atoms with Gasteiger partial charge in [0.25, 0.3) is 11.8 Å². The molecular formula is C19H18Cl2N2O2. The summed E-state index contributed by atoms with van der Waals surface area (Å²) in [6.45, 7) is 3.31. The van der Waals surface area contributed by atoms with E-state index in [0.29, 0.717) is 40.8 Å². The van der Waals surface area contributed by atoms with Crippen LogP contribution in [0.2, 0.25) is 10.0 Å². The minimum atomic E-state index is -0.109. The lowest BCUT2D eigenvalue weighted by Gasteiger charge is -2.40. The van der Waals surface area contributed by atoms with Gasteiger partial charge in [0.15, 0.2) is 0 Å². The van der Waals surface area contributed by atoms with Crippen LogP contribution in [0.25, 0.3) is 0 Å². The number of carbonyl (C=O) groups excluding carboxylic acids is 2. The van der Waals surface area contributed by atoms with E-state index in [1.165, 1.54) is 0 Å². The van der Waals surface area contributed by atoms with Crippen molar-refractivity contribution in [2.75, 3.05) is 19.6 Å². The highest BCUT2D eigenvalue weighted by molar-refractivity contribution is 6.34. The van der Waals surface area contributed by atoms with Gasteiger partial charge in [-0.15, -0.1) is 0 Å². The fourth-order valence-electron chi connectivity index (χ4n) is 3.04. The van der Waals surface area contributed by atoms with Crippen molar-refractivity contribution >= 4 is 35.0 Å². The SMILES string of the molecule is C[C@H]1CN(C(=O)c2ccccc2Cl)CCN1C(=O)c1ccccc1Cl. The minimum Gasteiger partial charge on any atom is -0.335 e. The van der Waals surface area contributed by atoms with Crippen molar-refractivity contribution in [1.82, 2.24) is 9.80 Å². The number of hydrogen-bond acceptors (Lipinski definition) is 2. The van der Waals surface area contributed by atoms with Gasteiger partial charge in [0, 0.05) is 25.7 Å². The highest BCUT2D eigenvalue weighted by Gasteiger charge is 2.31. The van der Waals surface area contributed by atoms with Crippen LogP contribution in [-0.2, 0) is 0 Å². The maximum Gasteiger partial charge on any atom is 0.255 e. The number of halogens is 2. The monoisotopic (exact) mass is 376 g/mol. The molecule has 3 rings (SSSR count). The number of piperazine rings is 1. The van der Waals surface area contributed by atoms with E-state index in [1.54, 1.807) is 58.3 Å². The Morgan fingerprint density at radius 1 is 0.880 bits per heavy atom. The molecule has 1 aliphatic rings. The summed E-state index contributed by atoms with van der Waals surface area (Å²) < 4.78 is 0. The Balaban J connectivity index is 1.73. The third-order valence-corrected chi connectivity index (χ3v) is 5.04. The van der Waals surface area contributed by atoms with Crippen LogP contribution in [0.15, 0.2) is 48.5 Å². The average molecular weight is 377 g/mol. The summed E-state index contributed by atoms with van der Waals surface area (Å²) in [6.07, 6.45) is 0. The van der Waals surface area contributed by atoms with Crippen LogP contribution in [0.4, 0.5) is 0 Å². The Kier molecular flexibility index (Phi) is 5.30. The quantitative estimate of drug-likeness (QED) is 0.795. The summed E-state index contributed by atoms with van der Waals surface area (Å²) in [5.74, 6) is -0.217. The predicted molar refractivity (Wildman–Crippen MR) is 99.3 cm³/mol. The van der Waals surface area contributed by atoms with Crippen LogP contribution in [0, 0.1) is 0 Å². The van der Waals surface area contributed by atoms with Gasteiger partial charge in [0.1, 0.15) is 0 Å². The molecule has 1 fully saturated rings. The normalized spacial score (nSPS) is 17.5. The first-order chi connectivity index (χ1) is 12.0. The van der Waals surface area contributed by atoms with Crippen molar-refractivity contribution in [3.63, 3.8) is 0 Å². The van der Waals surface area contributed by atoms with Gasteiger partial charge in [-0.1, -0.05) is 47.5 Å². The lowest BCUT2D eigenvalue weighted by atomic mass is 10.1. The van der Waals surface area contributed by atoms with Crippen LogP contribution >= 0.6 is 23.2 Å². The fourth-order valence-corrected chi connectivity index (χ4v) is 3.47. The largest absolute Gasteiger partial charge is 0.335 e. The van der Waals surface area contributed by atoms with Crippen molar-refractivity contribution in [2.45, 2.75) is 13.0 Å². The van der Waals surface area contributed by atoms with Crippen molar-refractivity contribution in [2.24, 2.45) is 0 Å². The molecule has 1 atom stereocenters. The van der Waals surface area contributed by atoms with E-state index < -0.39 is 0 Å². The lowest BCUT2D eigenvalue weighted by molar-refractivity contribution is 0.0414. The molecule has 1 saturated heterocycles. The highest BCUT2D eigenvalue weighted by Crippen LogP contribution is 2.22. The Labute approximate surface area is 156 Å². The number of benzene rings is 2. The van der Waals surface area contributed by atoms with Crippen molar-refractivity contribution in [3.8, 4) is 0 Å². The molecule has 0 unspecified atom stereocenters. The molecule has 0 saturated carbocycles. The number of hydrogen-bond donors (Lipinski definition) is 0. The third-order valence-electron chi connectivity index (χ3n) is 4.38. The van der Waals surface area contributed by atoms with Crippen molar-refractivity contribution in [3.05, 3.63) is 69.7 Å². The molecule has 0 aliphatic carbocycles. The van der Waals surface area contributed by atoms with E-state index in [2.05, 4.69) is 0 Å². The van der Waals surface area contributed by atoms with E-state index in [1.807, 2.05) is 6.92 Å². The molecule has 6 heteroatoms. The topological polar surface area (TPSA) is 40.6 Å². The summed E-state index contributed by atoms with van der Waals surface area (Å²) in [5, 5.41) is 0.879. The molecule has 0 bridgehead atoms. The maximum absolute atomic E-state index is 12.7. The van der Waals surface area contributed by atoms with Gasteiger partial charge >= 0.3 is 0 Å². The second kappa shape index (κ2) is 7.46. The predicted octanol–water partition coefficient (Wildman–Crippen LogP) is 3.98. The first-order valence-corrected chi connectivity index (χ1v) is 8.84. The summed E-state index contributed by atoms with van der Waals surface area (Å²) in [6, 6.07) is 13.9. The zero-order valence-electron chi connectivity index (χ0n) is 13.8. The molecule has 0 aromatic heterocycles. The molecule has 2 aromatic rings. The Bertz CT molecular complexity index is 810. The lowest BCUT2D eigenvalue weighted by Crippen LogP contribution is -2.55. The van der Waals surface area contributed by atoms with Gasteiger partial charge in [-0.25, -0.2) is 0 Å². The molecule has 2 aromatic carbocycles. The van der Waals surface area contributed by atoms with Crippen molar-refractivity contribution in [1.29, 1.82) is 0 Å². The molecular weight excluding hydrogens is 359 g/mol. The van der Waals surface area contributed by atoms with Gasteiger partial charge in [-0.05, 0) is 31.2 Å². The molecule has 4 nitrogen and oxygen atoms in total. The highest BCUT2D eigenvalue weighted by atomic mass is 35.5.